The number of Topliss-reactive ketones (excluding diaryl/α,β-unsaturated/α-hetero) is 1. The van der Waals surface area contributed by atoms with E-state index < -0.39 is 24.2 Å². The number of nitriles is 1. The fourth-order valence-electron chi connectivity index (χ4n) is 7.69. The van der Waals surface area contributed by atoms with Crippen molar-refractivity contribution in [2.24, 2.45) is 5.92 Å². The van der Waals surface area contributed by atoms with Crippen LogP contribution < -0.4 is 10.6 Å². The minimum Gasteiger partial charge on any atom is -0.359 e. The van der Waals surface area contributed by atoms with Crippen LogP contribution in [0, 0.1) is 17.2 Å². The van der Waals surface area contributed by atoms with Crippen LogP contribution in [0.2, 0.25) is 0 Å². The smallest absolute Gasteiger partial charge is 0.246 e. The fourth-order valence-corrected chi connectivity index (χ4v) is 7.69. The van der Waals surface area contributed by atoms with Crippen LogP contribution in [0.1, 0.15) is 49.4 Å². The molecule has 0 aromatic heterocycles. The molecule has 1 spiro atoms. The number of likely N-dealkylation sites (N-methyl/N-ethyl adjacent to an activating group) is 1. The molecule has 1 aromatic rings. The molecule has 3 saturated heterocycles. The molecular weight excluding hydrogens is 539 g/mol. The first kappa shape index (κ1) is 29.4. The third-order valence-corrected chi connectivity index (χ3v) is 10.1. The zero-order valence-electron chi connectivity index (χ0n) is 24.2. The molecule has 0 bridgehead atoms. The Morgan fingerprint density at radius 3 is 2.86 bits per heavy atom. The van der Waals surface area contributed by atoms with E-state index in [-0.39, 0.29) is 49.3 Å². The second-order valence-corrected chi connectivity index (χ2v) is 12.3. The molecule has 1 amide bonds. The number of alkyl halides is 1. The Balaban J connectivity index is 1.26. The summed E-state index contributed by atoms with van der Waals surface area (Å²) >= 11 is 0. The number of halogens is 1. The Bertz CT molecular complexity index is 1240. The van der Waals surface area contributed by atoms with E-state index in [9.17, 15) is 14.9 Å². The Hall–Kier alpha value is -2.72. The number of amides is 1. The first-order chi connectivity index (χ1) is 20.4. The number of ether oxygens (including phenoxy) is 2. The van der Waals surface area contributed by atoms with Crippen LogP contribution in [0.3, 0.4) is 0 Å². The molecule has 42 heavy (non-hydrogen) atoms. The number of carbonyl (C=O) groups excluding carboxylic acids is 2. The van der Waals surface area contributed by atoms with Gasteiger partial charge in [-0.1, -0.05) is 30.8 Å². The van der Waals surface area contributed by atoms with Gasteiger partial charge in [-0.25, -0.2) is 4.39 Å². The van der Waals surface area contributed by atoms with Crippen molar-refractivity contribution in [2.75, 3.05) is 39.8 Å². The van der Waals surface area contributed by atoms with Crippen molar-refractivity contribution in [3.8, 4) is 6.07 Å². The summed E-state index contributed by atoms with van der Waals surface area (Å²) in [4.78, 5) is 33.1. The molecule has 1 aromatic carbocycles. The lowest BCUT2D eigenvalue weighted by Crippen LogP contribution is -2.76. The monoisotopic (exact) mass is 580 g/mol. The average Bonchev–Trinajstić information content (AvgIpc) is 3.43. The number of nitrogens with one attached hydrogen (secondary N) is 2. The molecule has 8 atom stereocenters. The van der Waals surface area contributed by atoms with Gasteiger partial charge in [0.05, 0.1) is 44.0 Å². The van der Waals surface area contributed by atoms with Gasteiger partial charge in [0, 0.05) is 31.6 Å². The van der Waals surface area contributed by atoms with Crippen molar-refractivity contribution in [2.45, 2.75) is 81.1 Å². The van der Waals surface area contributed by atoms with Gasteiger partial charge in [-0.15, -0.1) is 0 Å². The van der Waals surface area contributed by atoms with Gasteiger partial charge >= 0.3 is 0 Å². The van der Waals surface area contributed by atoms with Gasteiger partial charge in [-0.05, 0) is 56.5 Å². The zero-order chi connectivity index (χ0) is 29.4. The highest BCUT2D eigenvalue weighted by Gasteiger charge is 2.60. The number of piperazine rings is 1. The zero-order valence-corrected chi connectivity index (χ0v) is 24.2. The second kappa shape index (κ2) is 12.1. The van der Waals surface area contributed by atoms with Crippen LogP contribution in [0.25, 0.3) is 0 Å². The van der Waals surface area contributed by atoms with Gasteiger partial charge in [0.1, 0.15) is 0 Å². The maximum Gasteiger partial charge on any atom is 0.246 e. The predicted octanol–water partition coefficient (Wildman–Crippen LogP) is 1.84. The Morgan fingerprint density at radius 2 is 2.10 bits per heavy atom. The summed E-state index contributed by atoms with van der Waals surface area (Å²) in [6.45, 7) is 6.83. The number of hydrogen-bond acceptors (Lipinski definition) is 9. The van der Waals surface area contributed by atoms with E-state index in [0.29, 0.717) is 44.3 Å². The molecule has 226 valence electrons. The van der Waals surface area contributed by atoms with Crippen molar-refractivity contribution in [1.82, 2.24) is 25.3 Å². The van der Waals surface area contributed by atoms with Gasteiger partial charge in [0.25, 0.3) is 0 Å². The lowest BCUT2D eigenvalue weighted by atomic mass is 9.68. The van der Waals surface area contributed by atoms with E-state index in [1.54, 1.807) is 17.0 Å². The normalized spacial score (nSPS) is 37.2. The van der Waals surface area contributed by atoms with Crippen LogP contribution in [0.4, 0.5) is 4.39 Å². The number of carbonyl (C=O) groups is 2. The number of nitrogens with zero attached hydrogens (tertiary/aromatic N) is 4. The lowest BCUT2D eigenvalue weighted by Gasteiger charge is -2.55. The van der Waals surface area contributed by atoms with Crippen molar-refractivity contribution in [3.05, 3.63) is 48.0 Å². The highest BCUT2D eigenvalue weighted by atomic mass is 19.1. The topological polar surface area (TPSA) is 110 Å². The Labute approximate surface area is 246 Å². The standard InChI is InChI=1S/C31H41FN6O4/c1-3-25(39)38-16-15-37(17-21(38)11-13-33)29-24-10-12-31(27(32)23-9-5-4-7-20(23)18-42-31)28(40)26(24)34-30(35-29)41-19-22-8-6-14-36(22)2/h3-5,7,9,21-22,24,26-27,29-30,34-35H,1,6,8,10-12,14-19H2,2H3/t21?,22?,24?,26?,27?,29?,30?,31-/m1/s1. The molecule has 5 aliphatic rings. The molecule has 1 aliphatic carbocycles. The van der Waals surface area contributed by atoms with Crippen molar-refractivity contribution >= 4 is 11.7 Å². The second-order valence-electron chi connectivity index (χ2n) is 12.3. The number of rotatable bonds is 6. The summed E-state index contributed by atoms with van der Waals surface area (Å²) in [7, 11) is 2.09. The van der Waals surface area contributed by atoms with Crippen LogP contribution >= 0.6 is 0 Å². The van der Waals surface area contributed by atoms with Gasteiger partial charge < -0.3 is 19.3 Å². The van der Waals surface area contributed by atoms with E-state index >= 15 is 4.39 Å². The first-order valence-electron chi connectivity index (χ1n) is 15.1. The minimum atomic E-state index is -1.55. The Kier molecular flexibility index (Phi) is 8.46. The third-order valence-electron chi connectivity index (χ3n) is 10.1. The van der Waals surface area contributed by atoms with Gasteiger partial charge in [0.15, 0.2) is 23.9 Å². The molecule has 6 rings (SSSR count). The first-order valence-corrected chi connectivity index (χ1v) is 15.1. The lowest BCUT2D eigenvalue weighted by molar-refractivity contribution is -0.187. The number of hydrogen-bond donors (Lipinski definition) is 2. The number of likely N-dealkylation sites (tertiary alicyclic amines) is 1. The molecule has 2 N–H and O–H groups in total. The summed E-state index contributed by atoms with van der Waals surface area (Å²) in [5.74, 6) is -0.631. The summed E-state index contributed by atoms with van der Waals surface area (Å²) in [6, 6.07) is 8.80. The van der Waals surface area contributed by atoms with E-state index in [4.69, 9.17) is 9.47 Å². The summed E-state index contributed by atoms with van der Waals surface area (Å²) in [5, 5.41) is 16.5. The van der Waals surface area contributed by atoms with Gasteiger partial charge in [0.2, 0.25) is 5.91 Å². The predicted molar refractivity (Wildman–Crippen MR) is 152 cm³/mol. The Morgan fingerprint density at radius 1 is 1.26 bits per heavy atom. The maximum absolute atomic E-state index is 16.2. The fraction of sp³-hybridized carbons (Fsp3) is 0.645. The quantitative estimate of drug-likeness (QED) is 0.487. The molecule has 11 heteroatoms. The molecule has 4 aliphatic heterocycles. The summed E-state index contributed by atoms with van der Waals surface area (Å²) < 4.78 is 28.7. The van der Waals surface area contributed by atoms with Crippen LogP contribution in [0.15, 0.2) is 36.9 Å². The van der Waals surface area contributed by atoms with E-state index in [0.717, 1.165) is 24.9 Å². The number of fused-ring (bicyclic) bond motifs is 2. The van der Waals surface area contributed by atoms with Crippen LogP contribution in [0.5, 0.6) is 0 Å². The molecule has 7 unspecified atom stereocenters. The van der Waals surface area contributed by atoms with Crippen molar-refractivity contribution < 1.29 is 23.5 Å². The third kappa shape index (κ3) is 5.19. The van der Waals surface area contributed by atoms with E-state index in [1.165, 1.54) is 6.08 Å². The van der Waals surface area contributed by atoms with Gasteiger partial charge in [-0.2, -0.15) is 5.26 Å². The van der Waals surface area contributed by atoms with Gasteiger partial charge in [-0.3, -0.25) is 25.1 Å². The minimum absolute atomic E-state index is 0.172. The molecule has 1 saturated carbocycles. The van der Waals surface area contributed by atoms with Crippen LogP contribution in [-0.4, -0.2) is 102 Å². The summed E-state index contributed by atoms with van der Waals surface area (Å²) in [5.41, 5.74) is -0.237. The van der Waals surface area contributed by atoms with Crippen molar-refractivity contribution in [1.29, 1.82) is 5.26 Å². The average molecular weight is 581 g/mol. The summed E-state index contributed by atoms with van der Waals surface area (Å²) in [6.07, 6.45) is 2.06. The van der Waals surface area contributed by atoms with Crippen LogP contribution in [-0.2, 0) is 25.7 Å². The highest BCUT2D eigenvalue weighted by Crippen LogP contribution is 2.49. The molecular formula is C31H41FN6O4. The van der Waals surface area contributed by atoms with E-state index in [2.05, 4.69) is 40.1 Å². The molecule has 0 radical (unpaired) electrons. The highest BCUT2D eigenvalue weighted by molar-refractivity contribution is 5.94. The molecule has 4 heterocycles. The number of ketones is 1. The molecule has 4 fully saturated rings. The van der Waals surface area contributed by atoms with E-state index in [1.807, 2.05) is 12.1 Å². The molecule has 10 nitrogen and oxygen atoms in total. The SMILES string of the molecule is C=CC(=O)N1CCN(C2NC(OCC3CCCN3C)NC3C(=O)[C@]4(CCC32)OCc2ccccc2C4F)CC1CC#N. The maximum atomic E-state index is 16.2. The number of benzene rings is 1. The largest absolute Gasteiger partial charge is 0.359 e. The van der Waals surface area contributed by atoms with Crippen molar-refractivity contribution in [3.63, 3.8) is 0 Å².